The molecule has 0 spiro atoms. The maximum atomic E-state index is 13.3. The van der Waals surface area contributed by atoms with E-state index in [0.717, 1.165) is 0 Å². The van der Waals surface area contributed by atoms with Crippen LogP contribution < -0.4 is 10.2 Å². The predicted octanol–water partition coefficient (Wildman–Crippen LogP) is 3.01. The van der Waals surface area contributed by atoms with Crippen molar-refractivity contribution in [2.45, 2.75) is 0 Å². The molecule has 0 aromatic heterocycles. The van der Waals surface area contributed by atoms with Crippen LogP contribution >= 0.6 is 11.6 Å². The van der Waals surface area contributed by atoms with Gasteiger partial charge in [0.25, 0.3) is 5.91 Å². The van der Waals surface area contributed by atoms with E-state index in [-0.39, 0.29) is 12.2 Å². The second kappa shape index (κ2) is 7.40. The molecule has 2 aromatic carbocycles. The van der Waals surface area contributed by atoms with E-state index in [0.29, 0.717) is 10.8 Å². The largest absolute Gasteiger partial charge is 0.484 e. The minimum atomic E-state index is -0.447. The third kappa shape index (κ3) is 4.89. The Morgan fingerprint density at radius 1 is 1.24 bits per heavy atom. The van der Waals surface area contributed by atoms with Crippen molar-refractivity contribution in [3.63, 3.8) is 0 Å². The number of carbonyl (C=O) groups is 1. The Labute approximate surface area is 126 Å². The zero-order valence-electron chi connectivity index (χ0n) is 10.9. The zero-order valence-corrected chi connectivity index (χ0v) is 11.7. The first kappa shape index (κ1) is 15.0. The molecule has 0 aliphatic heterocycles. The second-order valence-corrected chi connectivity index (χ2v) is 4.49. The summed E-state index contributed by atoms with van der Waals surface area (Å²) in [5.74, 6) is -0.335. The molecule has 0 saturated heterocycles. The summed E-state index contributed by atoms with van der Waals surface area (Å²) in [4.78, 5) is 11.5. The van der Waals surface area contributed by atoms with Gasteiger partial charge in [-0.3, -0.25) is 4.79 Å². The lowest BCUT2D eigenvalue weighted by atomic mass is 10.2. The monoisotopic (exact) mass is 306 g/mol. The molecule has 0 aliphatic carbocycles. The number of nitrogens with zero attached hydrogens (tertiary/aromatic N) is 1. The quantitative estimate of drug-likeness (QED) is 0.682. The molecule has 0 aliphatic rings. The molecule has 108 valence electrons. The molecule has 2 rings (SSSR count). The summed E-state index contributed by atoms with van der Waals surface area (Å²) in [6.07, 6.45) is 1.23. The Bertz CT molecular complexity index is 644. The number of ether oxygens (including phenoxy) is 1. The number of halogens is 2. The topological polar surface area (TPSA) is 50.7 Å². The van der Waals surface area contributed by atoms with Crippen molar-refractivity contribution in [2.75, 3.05) is 6.61 Å². The molecular weight excluding hydrogens is 295 g/mol. The van der Waals surface area contributed by atoms with Crippen molar-refractivity contribution in [1.29, 1.82) is 0 Å². The van der Waals surface area contributed by atoms with Gasteiger partial charge in [-0.05, 0) is 30.3 Å². The maximum Gasteiger partial charge on any atom is 0.277 e. The number of benzene rings is 2. The van der Waals surface area contributed by atoms with Crippen LogP contribution in [-0.2, 0) is 4.79 Å². The summed E-state index contributed by atoms with van der Waals surface area (Å²) >= 11 is 5.73. The average molecular weight is 307 g/mol. The first-order chi connectivity index (χ1) is 10.1. The van der Waals surface area contributed by atoms with Crippen LogP contribution in [0.5, 0.6) is 5.75 Å². The fraction of sp³-hybridized carbons (Fsp3) is 0.0667. The molecule has 0 saturated carbocycles. The van der Waals surface area contributed by atoms with E-state index in [2.05, 4.69) is 10.5 Å². The number of hydrogen-bond donors (Lipinski definition) is 1. The van der Waals surface area contributed by atoms with Gasteiger partial charge in [-0.15, -0.1) is 0 Å². The number of amides is 1. The molecule has 6 heteroatoms. The zero-order chi connectivity index (χ0) is 15.1. The molecule has 0 heterocycles. The molecule has 21 heavy (non-hydrogen) atoms. The Kier molecular flexibility index (Phi) is 5.29. The van der Waals surface area contributed by atoms with E-state index in [4.69, 9.17) is 16.3 Å². The highest BCUT2D eigenvalue weighted by atomic mass is 35.5. The summed E-state index contributed by atoms with van der Waals surface area (Å²) in [5, 5.41) is 4.25. The van der Waals surface area contributed by atoms with Crippen LogP contribution in [0, 0.1) is 5.82 Å². The van der Waals surface area contributed by atoms with Crippen molar-refractivity contribution >= 4 is 23.7 Å². The number of hydrazone groups is 1. The highest BCUT2D eigenvalue weighted by Crippen LogP contribution is 2.15. The van der Waals surface area contributed by atoms with Crippen molar-refractivity contribution in [1.82, 2.24) is 5.43 Å². The van der Waals surface area contributed by atoms with Gasteiger partial charge in [0, 0.05) is 10.6 Å². The normalized spacial score (nSPS) is 10.6. The molecule has 0 bridgehead atoms. The number of hydrogen-bond acceptors (Lipinski definition) is 3. The Balaban J connectivity index is 1.80. The van der Waals surface area contributed by atoms with Gasteiger partial charge in [-0.25, -0.2) is 9.82 Å². The summed E-state index contributed by atoms with van der Waals surface area (Å²) in [6.45, 7) is -0.198. The molecule has 0 unspecified atom stereocenters. The Hall–Kier alpha value is -2.40. The van der Waals surface area contributed by atoms with E-state index < -0.39 is 11.7 Å². The lowest BCUT2D eigenvalue weighted by Gasteiger charge is -2.04. The molecule has 2 aromatic rings. The van der Waals surface area contributed by atoms with E-state index in [1.165, 1.54) is 12.3 Å². The second-order valence-electron chi connectivity index (χ2n) is 4.06. The summed E-state index contributed by atoms with van der Waals surface area (Å²) < 4.78 is 18.5. The van der Waals surface area contributed by atoms with Crippen LogP contribution in [0.2, 0.25) is 5.02 Å². The summed E-state index contributed by atoms with van der Waals surface area (Å²) in [5.41, 5.74) is 2.54. The van der Waals surface area contributed by atoms with E-state index in [1.54, 1.807) is 42.5 Å². The van der Waals surface area contributed by atoms with Gasteiger partial charge in [0.2, 0.25) is 0 Å². The van der Waals surface area contributed by atoms with Gasteiger partial charge in [-0.2, -0.15) is 5.10 Å². The molecule has 0 atom stereocenters. The van der Waals surface area contributed by atoms with E-state index in [9.17, 15) is 9.18 Å². The number of nitrogens with one attached hydrogen (secondary N) is 1. The van der Waals surface area contributed by atoms with Gasteiger partial charge in [0.05, 0.1) is 6.21 Å². The van der Waals surface area contributed by atoms with E-state index >= 15 is 0 Å². The first-order valence-corrected chi connectivity index (χ1v) is 6.48. The average Bonchev–Trinajstić information content (AvgIpc) is 2.49. The van der Waals surface area contributed by atoms with Crippen molar-refractivity contribution in [3.05, 3.63) is 64.9 Å². The lowest BCUT2D eigenvalue weighted by molar-refractivity contribution is -0.123. The molecule has 1 amide bonds. The van der Waals surface area contributed by atoms with Crippen LogP contribution in [0.3, 0.4) is 0 Å². The number of rotatable bonds is 5. The standard InChI is InChI=1S/C15H12ClFN2O2/c16-12-5-7-13(8-6-12)21-10-15(20)19-18-9-11-3-1-2-4-14(11)17/h1-9H,10H2,(H,19,20). The maximum absolute atomic E-state index is 13.3. The van der Waals surface area contributed by atoms with Gasteiger partial charge in [0.15, 0.2) is 6.61 Å². The fourth-order valence-electron chi connectivity index (χ4n) is 1.47. The fourth-order valence-corrected chi connectivity index (χ4v) is 1.59. The smallest absolute Gasteiger partial charge is 0.277 e. The minimum Gasteiger partial charge on any atom is -0.484 e. The summed E-state index contributed by atoms with van der Waals surface area (Å²) in [7, 11) is 0. The Morgan fingerprint density at radius 3 is 2.67 bits per heavy atom. The Morgan fingerprint density at radius 2 is 1.95 bits per heavy atom. The number of carbonyl (C=O) groups excluding carboxylic acids is 1. The molecule has 0 fully saturated rings. The van der Waals surface area contributed by atoms with Gasteiger partial charge < -0.3 is 4.74 Å². The van der Waals surface area contributed by atoms with Gasteiger partial charge in [0.1, 0.15) is 11.6 Å². The lowest BCUT2D eigenvalue weighted by Crippen LogP contribution is -2.24. The predicted molar refractivity (Wildman–Crippen MR) is 79.1 cm³/mol. The summed E-state index contributed by atoms with van der Waals surface area (Å²) in [6, 6.07) is 12.7. The van der Waals surface area contributed by atoms with Crippen LogP contribution in [-0.4, -0.2) is 18.7 Å². The van der Waals surface area contributed by atoms with Gasteiger partial charge in [-0.1, -0.05) is 29.8 Å². The molecule has 4 nitrogen and oxygen atoms in total. The van der Waals surface area contributed by atoms with Crippen LogP contribution in [0.1, 0.15) is 5.56 Å². The minimum absolute atomic E-state index is 0.198. The van der Waals surface area contributed by atoms with Crippen LogP contribution in [0.4, 0.5) is 4.39 Å². The SMILES string of the molecule is O=C(COc1ccc(Cl)cc1)NN=Cc1ccccc1F. The van der Waals surface area contributed by atoms with Crippen LogP contribution in [0.25, 0.3) is 0 Å². The van der Waals surface area contributed by atoms with Gasteiger partial charge >= 0.3 is 0 Å². The van der Waals surface area contributed by atoms with E-state index in [1.807, 2.05) is 0 Å². The van der Waals surface area contributed by atoms with Crippen molar-refractivity contribution < 1.29 is 13.9 Å². The molecular formula is C15H12ClFN2O2. The van der Waals surface area contributed by atoms with Crippen LogP contribution in [0.15, 0.2) is 53.6 Å². The highest BCUT2D eigenvalue weighted by molar-refractivity contribution is 6.30. The van der Waals surface area contributed by atoms with Crippen molar-refractivity contribution in [2.24, 2.45) is 5.10 Å². The third-order valence-corrected chi connectivity index (χ3v) is 2.73. The highest BCUT2D eigenvalue weighted by Gasteiger charge is 2.02. The third-order valence-electron chi connectivity index (χ3n) is 2.48. The molecule has 0 radical (unpaired) electrons. The first-order valence-electron chi connectivity index (χ1n) is 6.10. The molecule has 1 N–H and O–H groups in total. The van der Waals surface area contributed by atoms with Crippen molar-refractivity contribution in [3.8, 4) is 5.75 Å².